The molecule has 1 aliphatic heterocycles. The summed E-state index contributed by atoms with van der Waals surface area (Å²) in [6, 6.07) is 0. The van der Waals surface area contributed by atoms with Crippen molar-refractivity contribution in [2.24, 2.45) is 29.6 Å². The summed E-state index contributed by atoms with van der Waals surface area (Å²) in [7, 11) is 0. The van der Waals surface area contributed by atoms with Gasteiger partial charge in [0.25, 0.3) is 0 Å². The maximum Gasteiger partial charge on any atom is 0.0674 e. The van der Waals surface area contributed by atoms with Gasteiger partial charge in [0.05, 0.1) is 12.7 Å². The van der Waals surface area contributed by atoms with Gasteiger partial charge in [-0.3, -0.25) is 0 Å². The standard InChI is InChI=1S/C18H28O/c1-11-5-6-16(13(3)7-11)18-17-9-15(10-19-18)12(2)8-14(17)4/h5,8,12-13,15-18H,6-7,9-10H2,1-4H3/t12-,13-,15-,16-,17+,18-/m0/s1. The van der Waals surface area contributed by atoms with Gasteiger partial charge in [0.1, 0.15) is 0 Å². The summed E-state index contributed by atoms with van der Waals surface area (Å²) in [6.07, 6.45) is 9.29. The largest absolute Gasteiger partial charge is 0.377 e. The highest BCUT2D eigenvalue weighted by Gasteiger charge is 2.42. The van der Waals surface area contributed by atoms with Crippen molar-refractivity contribution >= 4 is 0 Å². The molecule has 0 saturated carbocycles. The Bertz CT molecular complexity index is 406. The zero-order valence-corrected chi connectivity index (χ0v) is 12.9. The predicted molar refractivity (Wildman–Crippen MR) is 79.9 cm³/mol. The normalized spacial score (nSPS) is 46.5. The van der Waals surface area contributed by atoms with Gasteiger partial charge in [-0.05, 0) is 56.8 Å². The van der Waals surface area contributed by atoms with Crippen LogP contribution in [-0.2, 0) is 4.74 Å². The van der Waals surface area contributed by atoms with Crippen LogP contribution in [0, 0.1) is 29.6 Å². The molecule has 2 bridgehead atoms. The zero-order valence-electron chi connectivity index (χ0n) is 12.9. The van der Waals surface area contributed by atoms with Crippen molar-refractivity contribution in [2.45, 2.75) is 53.1 Å². The van der Waals surface area contributed by atoms with Gasteiger partial charge in [-0.1, -0.05) is 37.1 Å². The molecule has 0 amide bonds. The second-order valence-corrected chi connectivity index (χ2v) is 7.30. The van der Waals surface area contributed by atoms with Crippen LogP contribution in [0.3, 0.4) is 0 Å². The van der Waals surface area contributed by atoms with Gasteiger partial charge in [-0.15, -0.1) is 0 Å². The van der Waals surface area contributed by atoms with Gasteiger partial charge in [0.2, 0.25) is 0 Å². The lowest BCUT2D eigenvalue weighted by Crippen LogP contribution is -2.46. The van der Waals surface area contributed by atoms with Crippen molar-refractivity contribution in [3.63, 3.8) is 0 Å². The maximum atomic E-state index is 6.36. The molecule has 0 spiro atoms. The van der Waals surface area contributed by atoms with E-state index < -0.39 is 0 Å². The third-order valence-electron chi connectivity index (χ3n) is 5.85. The fourth-order valence-electron chi connectivity index (χ4n) is 4.56. The number of fused-ring (bicyclic) bond motifs is 2. The van der Waals surface area contributed by atoms with Crippen molar-refractivity contribution in [3.8, 4) is 0 Å². The monoisotopic (exact) mass is 260 g/mol. The van der Waals surface area contributed by atoms with Crippen LogP contribution in [0.25, 0.3) is 0 Å². The molecule has 2 aliphatic carbocycles. The van der Waals surface area contributed by atoms with Gasteiger partial charge in [-0.2, -0.15) is 0 Å². The van der Waals surface area contributed by atoms with Crippen LogP contribution in [0.4, 0.5) is 0 Å². The molecule has 0 radical (unpaired) electrons. The van der Waals surface area contributed by atoms with Crippen LogP contribution in [-0.4, -0.2) is 12.7 Å². The highest BCUT2D eigenvalue weighted by atomic mass is 16.5. The summed E-state index contributed by atoms with van der Waals surface area (Å²) in [4.78, 5) is 0. The first-order valence-corrected chi connectivity index (χ1v) is 8.01. The highest BCUT2D eigenvalue weighted by Crippen LogP contribution is 2.45. The third kappa shape index (κ3) is 2.42. The van der Waals surface area contributed by atoms with Gasteiger partial charge >= 0.3 is 0 Å². The average molecular weight is 260 g/mol. The number of rotatable bonds is 1. The Morgan fingerprint density at radius 1 is 1.21 bits per heavy atom. The van der Waals surface area contributed by atoms with E-state index >= 15 is 0 Å². The van der Waals surface area contributed by atoms with Crippen molar-refractivity contribution < 1.29 is 4.74 Å². The minimum Gasteiger partial charge on any atom is -0.377 e. The molecule has 0 aromatic carbocycles. The van der Waals surface area contributed by atoms with E-state index in [0.717, 1.165) is 24.4 Å². The van der Waals surface area contributed by atoms with Gasteiger partial charge in [0.15, 0.2) is 0 Å². The van der Waals surface area contributed by atoms with E-state index in [-0.39, 0.29) is 0 Å². The molecule has 0 N–H and O–H groups in total. The summed E-state index contributed by atoms with van der Waals surface area (Å²) >= 11 is 0. The minimum atomic E-state index is 0.472. The lowest BCUT2D eigenvalue weighted by atomic mass is 9.66. The zero-order chi connectivity index (χ0) is 13.6. The van der Waals surface area contributed by atoms with E-state index in [2.05, 4.69) is 39.8 Å². The Labute approximate surface area is 118 Å². The smallest absolute Gasteiger partial charge is 0.0674 e. The minimum absolute atomic E-state index is 0.472. The molecule has 3 aliphatic rings. The first kappa shape index (κ1) is 13.4. The van der Waals surface area contributed by atoms with E-state index in [9.17, 15) is 0 Å². The Kier molecular flexibility index (Phi) is 3.59. The van der Waals surface area contributed by atoms with E-state index in [1.54, 1.807) is 11.1 Å². The predicted octanol–water partition coefficient (Wildman–Crippen LogP) is 4.60. The van der Waals surface area contributed by atoms with Gasteiger partial charge in [0, 0.05) is 5.92 Å². The highest BCUT2D eigenvalue weighted by molar-refractivity contribution is 5.17. The van der Waals surface area contributed by atoms with E-state index in [0.29, 0.717) is 17.9 Å². The lowest BCUT2D eigenvalue weighted by molar-refractivity contribution is -0.0982. The Morgan fingerprint density at radius 3 is 2.74 bits per heavy atom. The van der Waals surface area contributed by atoms with Gasteiger partial charge in [-0.25, -0.2) is 0 Å². The molecule has 106 valence electrons. The van der Waals surface area contributed by atoms with Crippen LogP contribution < -0.4 is 0 Å². The molecular formula is C18H28O. The quantitative estimate of drug-likeness (QED) is 0.626. The molecule has 1 nitrogen and oxygen atoms in total. The Balaban J connectivity index is 1.81. The molecule has 0 aromatic heterocycles. The molecule has 3 rings (SSSR count). The van der Waals surface area contributed by atoms with Crippen LogP contribution in [0.1, 0.15) is 47.0 Å². The first-order chi connectivity index (χ1) is 9.06. The first-order valence-electron chi connectivity index (χ1n) is 8.01. The molecule has 6 atom stereocenters. The summed E-state index contributed by atoms with van der Waals surface area (Å²) in [5.41, 5.74) is 3.16. The Morgan fingerprint density at radius 2 is 2.00 bits per heavy atom. The number of allylic oxidation sites excluding steroid dienone is 3. The van der Waals surface area contributed by atoms with Crippen molar-refractivity contribution in [3.05, 3.63) is 23.3 Å². The van der Waals surface area contributed by atoms with Crippen molar-refractivity contribution in [1.82, 2.24) is 0 Å². The molecule has 1 saturated heterocycles. The average Bonchev–Trinajstić information content (AvgIpc) is 2.37. The number of ether oxygens (including phenoxy) is 1. The molecule has 1 heterocycles. The van der Waals surface area contributed by atoms with E-state index in [1.807, 2.05) is 0 Å². The fraction of sp³-hybridized carbons (Fsp3) is 0.778. The van der Waals surface area contributed by atoms with E-state index in [1.165, 1.54) is 19.3 Å². The maximum absolute atomic E-state index is 6.36. The summed E-state index contributed by atoms with van der Waals surface area (Å²) in [5, 5.41) is 0. The van der Waals surface area contributed by atoms with Crippen LogP contribution >= 0.6 is 0 Å². The molecule has 1 heteroatoms. The topological polar surface area (TPSA) is 9.23 Å². The lowest BCUT2D eigenvalue weighted by Gasteiger charge is -2.47. The number of hydrogen-bond donors (Lipinski definition) is 0. The third-order valence-corrected chi connectivity index (χ3v) is 5.85. The van der Waals surface area contributed by atoms with Crippen LogP contribution in [0.5, 0.6) is 0 Å². The van der Waals surface area contributed by atoms with Crippen LogP contribution in [0.2, 0.25) is 0 Å². The fourth-order valence-corrected chi connectivity index (χ4v) is 4.56. The second kappa shape index (κ2) is 5.09. The summed E-state index contributed by atoms with van der Waals surface area (Å²) in [5.74, 6) is 3.67. The molecular weight excluding hydrogens is 232 g/mol. The summed E-state index contributed by atoms with van der Waals surface area (Å²) in [6.45, 7) is 10.4. The molecule has 1 fully saturated rings. The summed E-state index contributed by atoms with van der Waals surface area (Å²) < 4.78 is 6.36. The van der Waals surface area contributed by atoms with Crippen LogP contribution in [0.15, 0.2) is 23.3 Å². The molecule has 0 unspecified atom stereocenters. The van der Waals surface area contributed by atoms with Gasteiger partial charge < -0.3 is 4.74 Å². The second-order valence-electron chi connectivity index (χ2n) is 7.30. The molecule has 19 heavy (non-hydrogen) atoms. The van der Waals surface area contributed by atoms with E-state index in [4.69, 9.17) is 4.74 Å². The van der Waals surface area contributed by atoms with Crippen molar-refractivity contribution in [1.29, 1.82) is 0 Å². The van der Waals surface area contributed by atoms with Crippen molar-refractivity contribution in [2.75, 3.05) is 6.61 Å². The molecule has 0 aromatic rings. The Hall–Kier alpha value is -0.560. The SMILES string of the molecule is CC1=CC[C@H]([C@@H]2OC[C@@H]3C[C@@H]2C(C)=C[C@@H]3C)[C@@H](C)C1. The number of hydrogen-bond acceptors (Lipinski definition) is 1.